The molecule has 0 amide bonds. The summed E-state index contributed by atoms with van der Waals surface area (Å²) in [5.74, 6) is 0.499. The Bertz CT molecular complexity index is 605. The molecule has 2 aromatic rings. The van der Waals surface area contributed by atoms with Crippen LogP contribution in [0.3, 0.4) is 0 Å². The lowest BCUT2D eigenvalue weighted by Crippen LogP contribution is -2.32. The highest BCUT2D eigenvalue weighted by Gasteiger charge is 2.14. The van der Waals surface area contributed by atoms with Crippen LogP contribution in [0.4, 0.5) is 0 Å². The SMILES string of the molecule is N[C@@H](CSCc1noc(-c2ccccc2Cl)n1)C(=O)O. The predicted molar refractivity (Wildman–Crippen MR) is 76.5 cm³/mol. The third-order valence-corrected chi connectivity index (χ3v) is 3.80. The summed E-state index contributed by atoms with van der Waals surface area (Å²) in [5, 5.41) is 13.0. The van der Waals surface area contributed by atoms with Crippen LogP contribution in [0.15, 0.2) is 28.8 Å². The van der Waals surface area contributed by atoms with E-state index in [0.717, 1.165) is 0 Å². The third kappa shape index (κ3) is 3.72. The maximum Gasteiger partial charge on any atom is 0.321 e. The zero-order valence-corrected chi connectivity index (χ0v) is 11.9. The van der Waals surface area contributed by atoms with Crippen LogP contribution in [0.25, 0.3) is 11.5 Å². The molecule has 6 nitrogen and oxygen atoms in total. The van der Waals surface area contributed by atoms with Gasteiger partial charge in [-0.05, 0) is 12.1 Å². The number of carboxylic acid groups (broad SMARTS) is 1. The molecule has 0 fully saturated rings. The lowest BCUT2D eigenvalue weighted by molar-refractivity contribution is -0.137. The number of nitrogens with zero attached hydrogens (tertiary/aromatic N) is 2. The monoisotopic (exact) mass is 313 g/mol. The summed E-state index contributed by atoms with van der Waals surface area (Å²) >= 11 is 7.37. The summed E-state index contributed by atoms with van der Waals surface area (Å²) in [4.78, 5) is 14.8. The highest BCUT2D eigenvalue weighted by Crippen LogP contribution is 2.26. The van der Waals surface area contributed by atoms with E-state index in [2.05, 4.69) is 10.1 Å². The summed E-state index contributed by atoms with van der Waals surface area (Å²) in [7, 11) is 0. The zero-order chi connectivity index (χ0) is 14.5. The average Bonchev–Trinajstić information content (AvgIpc) is 2.87. The van der Waals surface area contributed by atoms with E-state index in [1.165, 1.54) is 11.8 Å². The third-order valence-electron chi connectivity index (χ3n) is 2.42. The molecule has 1 aromatic carbocycles. The summed E-state index contributed by atoms with van der Waals surface area (Å²) in [6.07, 6.45) is 0. The van der Waals surface area contributed by atoms with E-state index in [9.17, 15) is 4.79 Å². The van der Waals surface area contributed by atoms with Crippen molar-refractivity contribution < 1.29 is 14.4 Å². The van der Waals surface area contributed by atoms with Gasteiger partial charge in [0.15, 0.2) is 5.82 Å². The van der Waals surface area contributed by atoms with Gasteiger partial charge in [-0.15, -0.1) is 0 Å². The first kappa shape index (κ1) is 14.8. The quantitative estimate of drug-likeness (QED) is 0.841. The number of benzene rings is 1. The van der Waals surface area contributed by atoms with Crippen molar-refractivity contribution in [1.29, 1.82) is 0 Å². The normalized spacial score (nSPS) is 12.3. The van der Waals surface area contributed by atoms with Gasteiger partial charge in [-0.3, -0.25) is 4.79 Å². The molecule has 1 atom stereocenters. The van der Waals surface area contributed by atoms with Crippen molar-refractivity contribution in [3.8, 4) is 11.5 Å². The second-order valence-corrected chi connectivity index (χ2v) is 5.39. The Morgan fingerprint density at radius 3 is 2.95 bits per heavy atom. The standard InChI is InChI=1S/C12H12ClN3O3S/c13-8-4-2-1-3-7(8)11-15-10(16-19-11)6-20-5-9(14)12(17)18/h1-4,9H,5-6,14H2,(H,17,18)/t9-/m0/s1. The number of halogens is 1. The van der Waals surface area contributed by atoms with Crippen LogP contribution in [0.1, 0.15) is 5.82 Å². The Kier molecular flexibility index (Phi) is 4.99. The minimum absolute atomic E-state index is 0.283. The Morgan fingerprint density at radius 2 is 2.25 bits per heavy atom. The van der Waals surface area contributed by atoms with E-state index in [1.807, 2.05) is 12.1 Å². The van der Waals surface area contributed by atoms with Gasteiger partial charge in [0.25, 0.3) is 5.89 Å². The molecule has 0 saturated heterocycles. The second-order valence-electron chi connectivity index (χ2n) is 3.96. The summed E-state index contributed by atoms with van der Waals surface area (Å²) < 4.78 is 5.13. The van der Waals surface area contributed by atoms with Crippen molar-refractivity contribution in [2.75, 3.05) is 5.75 Å². The smallest absolute Gasteiger partial charge is 0.321 e. The van der Waals surface area contributed by atoms with Crippen LogP contribution in [0.5, 0.6) is 0 Å². The summed E-state index contributed by atoms with van der Waals surface area (Å²) in [6.45, 7) is 0. The van der Waals surface area contributed by atoms with E-state index in [4.69, 9.17) is 27.0 Å². The van der Waals surface area contributed by atoms with Gasteiger partial charge in [0.1, 0.15) is 6.04 Å². The molecule has 20 heavy (non-hydrogen) atoms. The molecule has 1 heterocycles. The number of carbonyl (C=O) groups is 1. The molecule has 8 heteroatoms. The largest absolute Gasteiger partial charge is 0.480 e. The van der Waals surface area contributed by atoms with Crippen molar-refractivity contribution >= 4 is 29.3 Å². The first-order valence-corrected chi connectivity index (χ1v) is 7.25. The molecule has 1 aromatic heterocycles. The highest BCUT2D eigenvalue weighted by atomic mass is 35.5. The first-order valence-electron chi connectivity index (χ1n) is 5.71. The van der Waals surface area contributed by atoms with Crippen molar-refractivity contribution in [2.45, 2.75) is 11.8 Å². The number of aromatic nitrogens is 2. The molecule has 106 valence electrons. The minimum atomic E-state index is -1.03. The molecule has 0 radical (unpaired) electrons. The van der Waals surface area contributed by atoms with Gasteiger partial charge < -0.3 is 15.4 Å². The fourth-order valence-electron chi connectivity index (χ4n) is 1.41. The van der Waals surface area contributed by atoms with Crippen LogP contribution in [-0.4, -0.2) is 33.0 Å². The number of nitrogens with two attached hydrogens (primary N) is 1. The zero-order valence-electron chi connectivity index (χ0n) is 10.3. The average molecular weight is 314 g/mol. The second kappa shape index (κ2) is 6.74. The Hall–Kier alpha value is -1.57. The van der Waals surface area contributed by atoms with Gasteiger partial charge in [-0.25, -0.2) is 0 Å². The minimum Gasteiger partial charge on any atom is -0.480 e. The number of rotatable bonds is 6. The summed E-state index contributed by atoms with van der Waals surface area (Å²) in [6, 6.07) is 6.27. The number of carboxylic acids is 1. The Balaban J connectivity index is 1.96. The molecule has 0 unspecified atom stereocenters. The fraction of sp³-hybridized carbons (Fsp3) is 0.250. The van der Waals surface area contributed by atoms with Crippen LogP contribution >= 0.6 is 23.4 Å². The van der Waals surface area contributed by atoms with Crippen molar-refractivity contribution in [3.05, 3.63) is 35.1 Å². The van der Waals surface area contributed by atoms with Crippen LogP contribution in [0.2, 0.25) is 5.02 Å². The number of aliphatic carboxylic acids is 1. The molecular formula is C12H12ClN3O3S. The Morgan fingerprint density at radius 1 is 1.50 bits per heavy atom. The summed E-state index contributed by atoms with van der Waals surface area (Å²) in [5.41, 5.74) is 6.06. The highest BCUT2D eigenvalue weighted by molar-refractivity contribution is 7.98. The maximum absolute atomic E-state index is 10.6. The van der Waals surface area contributed by atoms with Crippen LogP contribution in [-0.2, 0) is 10.5 Å². The molecule has 0 aliphatic heterocycles. The molecular weight excluding hydrogens is 302 g/mol. The van der Waals surface area contributed by atoms with Crippen molar-refractivity contribution in [2.24, 2.45) is 5.73 Å². The van der Waals surface area contributed by atoms with Gasteiger partial charge >= 0.3 is 5.97 Å². The number of thioether (sulfide) groups is 1. The van der Waals surface area contributed by atoms with Gasteiger partial charge in [-0.1, -0.05) is 28.9 Å². The predicted octanol–water partition coefficient (Wildman–Crippen LogP) is 2.04. The Labute approximate surface area is 124 Å². The number of hydrogen-bond acceptors (Lipinski definition) is 6. The fourth-order valence-corrected chi connectivity index (χ4v) is 2.44. The molecule has 0 spiro atoms. The number of hydrogen-bond donors (Lipinski definition) is 2. The lowest BCUT2D eigenvalue weighted by atomic mass is 10.2. The van der Waals surface area contributed by atoms with Gasteiger partial charge in [-0.2, -0.15) is 16.7 Å². The van der Waals surface area contributed by atoms with E-state index in [-0.39, 0.29) is 5.75 Å². The van der Waals surface area contributed by atoms with Crippen molar-refractivity contribution in [1.82, 2.24) is 10.1 Å². The van der Waals surface area contributed by atoms with Gasteiger partial charge in [0.05, 0.1) is 16.3 Å². The topological polar surface area (TPSA) is 102 Å². The molecule has 0 aliphatic rings. The van der Waals surface area contributed by atoms with E-state index < -0.39 is 12.0 Å². The van der Waals surface area contributed by atoms with Gasteiger partial charge in [0.2, 0.25) is 0 Å². The first-order chi connectivity index (χ1) is 9.58. The molecule has 0 bridgehead atoms. The molecule has 0 aliphatic carbocycles. The van der Waals surface area contributed by atoms with E-state index in [1.54, 1.807) is 12.1 Å². The van der Waals surface area contributed by atoms with Gasteiger partial charge in [0, 0.05) is 5.75 Å². The van der Waals surface area contributed by atoms with Crippen molar-refractivity contribution in [3.63, 3.8) is 0 Å². The van der Waals surface area contributed by atoms with E-state index in [0.29, 0.717) is 28.1 Å². The molecule has 0 saturated carbocycles. The van der Waals surface area contributed by atoms with Crippen LogP contribution < -0.4 is 5.73 Å². The lowest BCUT2D eigenvalue weighted by Gasteiger charge is -2.03. The molecule has 3 N–H and O–H groups in total. The maximum atomic E-state index is 10.6. The van der Waals surface area contributed by atoms with E-state index >= 15 is 0 Å². The van der Waals surface area contributed by atoms with Crippen LogP contribution in [0, 0.1) is 0 Å². The molecule has 2 rings (SSSR count).